The van der Waals surface area contributed by atoms with Gasteiger partial charge in [-0.05, 0) is 43.4 Å². The molecular formula is C17H21NO4. The summed E-state index contributed by atoms with van der Waals surface area (Å²) < 4.78 is 15.8. The normalized spacial score (nSPS) is 24.2. The van der Waals surface area contributed by atoms with Crippen LogP contribution in [0.15, 0.2) is 18.2 Å². The van der Waals surface area contributed by atoms with Crippen LogP contribution in [0.4, 0.5) is 0 Å². The Labute approximate surface area is 130 Å². The zero-order valence-corrected chi connectivity index (χ0v) is 13.2. The fourth-order valence-corrected chi connectivity index (χ4v) is 3.04. The summed E-state index contributed by atoms with van der Waals surface area (Å²) in [5.74, 6) is 1.00. The van der Waals surface area contributed by atoms with Gasteiger partial charge in [0.05, 0.1) is 25.7 Å². The highest BCUT2D eigenvalue weighted by Crippen LogP contribution is 2.42. The molecule has 118 valence electrons. The number of methoxy groups -OCH3 is 2. The van der Waals surface area contributed by atoms with Gasteiger partial charge in [0.2, 0.25) is 0 Å². The summed E-state index contributed by atoms with van der Waals surface area (Å²) in [6.07, 6.45) is 2.63. The van der Waals surface area contributed by atoms with Gasteiger partial charge in [0, 0.05) is 6.92 Å². The van der Waals surface area contributed by atoms with Crippen molar-refractivity contribution in [3.05, 3.63) is 23.8 Å². The van der Waals surface area contributed by atoms with Gasteiger partial charge >= 0.3 is 5.97 Å². The largest absolute Gasteiger partial charge is 0.493 e. The Balaban J connectivity index is 2.22. The molecule has 1 fully saturated rings. The van der Waals surface area contributed by atoms with E-state index in [-0.39, 0.29) is 12.1 Å². The topological polar surface area (TPSA) is 68.5 Å². The number of hydrogen-bond acceptors (Lipinski definition) is 5. The third-order valence-electron chi connectivity index (χ3n) is 4.27. The lowest BCUT2D eigenvalue weighted by Crippen LogP contribution is -2.34. The third kappa shape index (κ3) is 3.16. The van der Waals surface area contributed by atoms with Crippen LogP contribution in [-0.2, 0) is 14.9 Å². The quantitative estimate of drug-likeness (QED) is 0.800. The van der Waals surface area contributed by atoms with Gasteiger partial charge in [0.1, 0.15) is 6.10 Å². The Morgan fingerprint density at radius 3 is 2.36 bits per heavy atom. The summed E-state index contributed by atoms with van der Waals surface area (Å²) in [5.41, 5.74) is 0.366. The summed E-state index contributed by atoms with van der Waals surface area (Å²) >= 11 is 0. The van der Waals surface area contributed by atoms with E-state index in [4.69, 9.17) is 14.2 Å². The van der Waals surface area contributed by atoms with Crippen molar-refractivity contribution in [3.8, 4) is 17.6 Å². The number of rotatable bonds is 4. The van der Waals surface area contributed by atoms with Crippen molar-refractivity contribution >= 4 is 5.97 Å². The maximum absolute atomic E-state index is 11.0. The van der Waals surface area contributed by atoms with E-state index < -0.39 is 5.41 Å². The molecular weight excluding hydrogens is 282 g/mol. The van der Waals surface area contributed by atoms with Gasteiger partial charge < -0.3 is 14.2 Å². The first-order valence-corrected chi connectivity index (χ1v) is 7.35. The number of esters is 1. The Morgan fingerprint density at radius 2 is 1.86 bits per heavy atom. The van der Waals surface area contributed by atoms with Gasteiger partial charge in [-0.2, -0.15) is 5.26 Å². The molecule has 0 saturated heterocycles. The third-order valence-corrected chi connectivity index (χ3v) is 4.27. The number of nitrogens with zero attached hydrogens (tertiary/aromatic N) is 1. The molecule has 0 N–H and O–H groups in total. The van der Waals surface area contributed by atoms with Crippen molar-refractivity contribution in [1.82, 2.24) is 0 Å². The zero-order chi connectivity index (χ0) is 16.2. The van der Waals surface area contributed by atoms with Crippen LogP contribution in [0.3, 0.4) is 0 Å². The van der Waals surface area contributed by atoms with Gasteiger partial charge in [-0.15, -0.1) is 0 Å². The highest BCUT2D eigenvalue weighted by molar-refractivity contribution is 5.66. The molecule has 0 aliphatic heterocycles. The molecule has 1 aliphatic carbocycles. The molecule has 1 aliphatic rings. The van der Waals surface area contributed by atoms with Gasteiger partial charge in [-0.1, -0.05) is 6.07 Å². The van der Waals surface area contributed by atoms with Gasteiger partial charge in [0.15, 0.2) is 11.5 Å². The molecule has 0 atom stereocenters. The van der Waals surface area contributed by atoms with Crippen LogP contribution in [-0.4, -0.2) is 26.3 Å². The van der Waals surface area contributed by atoms with Crippen molar-refractivity contribution in [2.75, 3.05) is 14.2 Å². The average Bonchev–Trinajstić information content (AvgIpc) is 2.54. The average molecular weight is 303 g/mol. The number of hydrogen-bond donors (Lipinski definition) is 0. The predicted molar refractivity (Wildman–Crippen MR) is 80.9 cm³/mol. The molecule has 1 aromatic carbocycles. The first-order valence-electron chi connectivity index (χ1n) is 7.35. The van der Waals surface area contributed by atoms with E-state index in [2.05, 4.69) is 6.07 Å². The fraction of sp³-hybridized carbons (Fsp3) is 0.529. The smallest absolute Gasteiger partial charge is 0.302 e. The first kappa shape index (κ1) is 16.2. The van der Waals surface area contributed by atoms with E-state index in [1.54, 1.807) is 14.2 Å². The Morgan fingerprint density at radius 1 is 1.23 bits per heavy atom. The molecule has 0 aromatic heterocycles. The van der Waals surface area contributed by atoms with Gasteiger partial charge in [0.25, 0.3) is 0 Å². The second-order valence-corrected chi connectivity index (χ2v) is 5.57. The number of nitriles is 1. The summed E-state index contributed by atoms with van der Waals surface area (Å²) in [5, 5.41) is 9.72. The van der Waals surface area contributed by atoms with Crippen LogP contribution in [0.5, 0.6) is 11.5 Å². The van der Waals surface area contributed by atoms with E-state index in [0.29, 0.717) is 37.2 Å². The molecule has 1 saturated carbocycles. The lowest BCUT2D eigenvalue weighted by Gasteiger charge is -2.35. The molecule has 0 bridgehead atoms. The molecule has 22 heavy (non-hydrogen) atoms. The van der Waals surface area contributed by atoms with Crippen molar-refractivity contribution in [1.29, 1.82) is 5.26 Å². The van der Waals surface area contributed by atoms with Crippen LogP contribution < -0.4 is 9.47 Å². The van der Waals surface area contributed by atoms with Crippen molar-refractivity contribution < 1.29 is 19.0 Å². The van der Waals surface area contributed by atoms with Crippen molar-refractivity contribution in [3.63, 3.8) is 0 Å². The molecule has 0 spiro atoms. The van der Waals surface area contributed by atoms with Crippen molar-refractivity contribution in [2.24, 2.45) is 0 Å². The highest BCUT2D eigenvalue weighted by Gasteiger charge is 2.38. The van der Waals surface area contributed by atoms with E-state index in [0.717, 1.165) is 5.56 Å². The predicted octanol–water partition coefficient (Wildman–Crippen LogP) is 2.97. The minimum Gasteiger partial charge on any atom is -0.493 e. The Bertz CT molecular complexity index is 583. The summed E-state index contributed by atoms with van der Waals surface area (Å²) in [4.78, 5) is 11.0. The standard InChI is InChI=1S/C17H21NO4/c1-12(19)22-14-6-8-17(11-18,9-7-14)13-4-5-15(20-2)16(10-13)21-3/h4-5,10,14H,6-9H2,1-3H3. The second-order valence-electron chi connectivity index (χ2n) is 5.57. The molecule has 5 heteroatoms. The summed E-state index contributed by atoms with van der Waals surface area (Å²) in [7, 11) is 3.17. The molecule has 0 unspecified atom stereocenters. The van der Waals surface area contributed by atoms with Gasteiger partial charge in [-0.25, -0.2) is 0 Å². The lowest BCUT2D eigenvalue weighted by atomic mass is 9.69. The molecule has 0 heterocycles. The molecule has 2 rings (SSSR count). The molecule has 0 radical (unpaired) electrons. The van der Waals surface area contributed by atoms with E-state index >= 15 is 0 Å². The SMILES string of the molecule is COc1ccc(C2(C#N)CCC(OC(C)=O)CC2)cc1OC. The number of carbonyl (C=O) groups excluding carboxylic acids is 1. The zero-order valence-electron chi connectivity index (χ0n) is 13.2. The minimum absolute atomic E-state index is 0.0841. The number of carbonyl (C=O) groups is 1. The van der Waals surface area contributed by atoms with E-state index in [1.807, 2.05) is 18.2 Å². The maximum Gasteiger partial charge on any atom is 0.302 e. The lowest BCUT2D eigenvalue weighted by molar-refractivity contribution is -0.148. The van der Waals surface area contributed by atoms with Crippen LogP contribution in [0.25, 0.3) is 0 Å². The highest BCUT2D eigenvalue weighted by atomic mass is 16.5. The van der Waals surface area contributed by atoms with Crippen LogP contribution >= 0.6 is 0 Å². The van der Waals surface area contributed by atoms with Crippen LogP contribution in [0.2, 0.25) is 0 Å². The van der Waals surface area contributed by atoms with E-state index in [1.165, 1.54) is 6.92 Å². The summed E-state index contributed by atoms with van der Waals surface area (Å²) in [6, 6.07) is 8.07. The Kier molecular flexibility index (Phi) is 4.92. The van der Waals surface area contributed by atoms with E-state index in [9.17, 15) is 10.1 Å². The fourth-order valence-electron chi connectivity index (χ4n) is 3.04. The molecule has 5 nitrogen and oxygen atoms in total. The number of benzene rings is 1. The monoisotopic (exact) mass is 303 g/mol. The number of ether oxygens (including phenoxy) is 3. The maximum atomic E-state index is 11.0. The Hall–Kier alpha value is -2.22. The molecule has 0 amide bonds. The van der Waals surface area contributed by atoms with Crippen LogP contribution in [0, 0.1) is 11.3 Å². The summed E-state index contributed by atoms with van der Waals surface area (Å²) in [6.45, 7) is 1.42. The molecule has 1 aromatic rings. The second kappa shape index (κ2) is 6.69. The van der Waals surface area contributed by atoms with Crippen molar-refractivity contribution in [2.45, 2.75) is 44.1 Å². The van der Waals surface area contributed by atoms with Gasteiger partial charge in [-0.3, -0.25) is 4.79 Å². The van der Waals surface area contributed by atoms with Crippen LogP contribution in [0.1, 0.15) is 38.2 Å². The minimum atomic E-state index is -0.559. The first-order chi connectivity index (χ1) is 10.5.